The number of rotatable bonds is 8. The minimum Gasteiger partial charge on any atom is -0.493 e. The van der Waals surface area contributed by atoms with Gasteiger partial charge in [0.1, 0.15) is 5.75 Å². The van der Waals surface area contributed by atoms with Gasteiger partial charge in [-0.05, 0) is 47.4 Å². The van der Waals surface area contributed by atoms with Gasteiger partial charge in [-0.1, -0.05) is 32.0 Å². The summed E-state index contributed by atoms with van der Waals surface area (Å²) in [6.07, 6.45) is 2.13. The van der Waals surface area contributed by atoms with Crippen LogP contribution >= 0.6 is 27.3 Å². The fourth-order valence-corrected chi connectivity index (χ4v) is 3.73. The van der Waals surface area contributed by atoms with E-state index in [2.05, 4.69) is 64.7 Å². The molecular weight excluding hydrogens is 346 g/mol. The van der Waals surface area contributed by atoms with Crippen LogP contribution in [0.5, 0.6) is 5.75 Å². The molecule has 0 fully saturated rings. The predicted molar refractivity (Wildman–Crippen MR) is 94.4 cm³/mol. The zero-order valence-corrected chi connectivity index (χ0v) is 15.0. The maximum absolute atomic E-state index is 5.93. The highest BCUT2D eigenvalue weighted by molar-refractivity contribution is 9.10. The van der Waals surface area contributed by atoms with E-state index in [1.807, 2.05) is 6.07 Å². The summed E-state index contributed by atoms with van der Waals surface area (Å²) < 4.78 is 7.07. The van der Waals surface area contributed by atoms with E-state index in [1.165, 1.54) is 10.4 Å². The van der Waals surface area contributed by atoms with Crippen molar-refractivity contribution in [3.05, 3.63) is 50.6 Å². The molecule has 2 nitrogen and oxygen atoms in total. The minimum absolute atomic E-state index is 0.189. The molecule has 1 N–H and O–H groups in total. The van der Waals surface area contributed by atoms with Gasteiger partial charge in [0.25, 0.3) is 0 Å². The van der Waals surface area contributed by atoms with E-state index in [0.717, 1.165) is 36.2 Å². The Labute approximate surface area is 139 Å². The fraction of sp³-hybridized carbons (Fsp3) is 0.412. The molecule has 1 unspecified atom stereocenters. The fourth-order valence-electron chi connectivity index (χ4n) is 2.19. The zero-order valence-electron chi connectivity index (χ0n) is 12.6. The Kier molecular flexibility index (Phi) is 6.74. The summed E-state index contributed by atoms with van der Waals surface area (Å²) in [7, 11) is 0. The van der Waals surface area contributed by atoms with E-state index in [4.69, 9.17) is 4.74 Å². The first-order valence-electron chi connectivity index (χ1n) is 7.45. The second-order valence-corrected chi connectivity index (χ2v) is 6.80. The van der Waals surface area contributed by atoms with Crippen LogP contribution in [0, 0.1) is 0 Å². The van der Waals surface area contributed by atoms with Gasteiger partial charge in [0.05, 0.1) is 12.6 Å². The molecule has 0 aliphatic rings. The van der Waals surface area contributed by atoms with E-state index in [1.54, 1.807) is 11.3 Å². The smallest absolute Gasteiger partial charge is 0.124 e. The van der Waals surface area contributed by atoms with Gasteiger partial charge in [-0.15, -0.1) is 11.3 Å². The van der Waals surface area contributed by atoms with Crippen LogP contribution in [0.15, 0.2) is 40.2 Å². The topological polar surface area (TPSA) is 21.3 Å². The number of benzene rings is 1. The quantitative estimate of drug-likeness (QED) is 0.675. The van der Waals surface area contributed by atoms with Crippen LogP contribution in [0.2, 0.25) is 0 Å². The first-order valence-corrected chi connectivity index (χ1v) is 9.12. The zero-order chi connectivity index (χ0) is 15.1. The van der Waals surface area contributed by atoms with Crippen LogP contribution in [-0.4, -0.2) is 13.2 Å². The molecule has 1 aromatic carbocycles. The Morgan fingerprint density at radius 3 is 2.71 bits per heavy atom. The molecule has 0 aliphatic heterocycles. The normalized spacial score (nSPS) is 12.3. The number of nitrogens with one attached hydrogen (secondary N) is 1. The molecule has 4 heteroatoms. The summed E-state index contributed by atoms with van der Waals surface area (Å²) in [5.41, 5.74) is 1.22. The number of hydrogen-bond acceptors (Lipinski definition) is 3. The number of thiophene rings is 1. The largest absolute Gasteiger partial charge is 0.493 e. The summed E-state index contributed by atoms with van der Waals surface area (Å²) in [6.45, 7) is 6.06. The lowest BCUT2D eigenvalue weighted by molar-refractivity contribution is 0.312. The second-order valence-electron chi connectivity index (χ2n) is 4.94. The summed E-state index contributed by atoms with van der Waals surface area (Å²) in [5.74, 6) is 0.984. The lowest BCUT2D eigenvalue weighted by Gasteiger charge is -2.21. The number of halogens is 1. The summed E-state index contributed by atoms with van der Waals surface area (Å²) in [4.78, 5) is 1.31. The van der Waals surface area contributed by atoms with Crippen molar-refractivity contribution >= 4 is 27.3 Å². The average Bonchev–Trinajstić information content (AvgIpc) is 2.93. The molecule has 0 aliphatic carbocycles. The molecule has 0 spiro atoms. The molecule has 0 amide bonds. The highest BCUT2D eigenvalue weighted by atomic mass is 79.9. The van der Waals surface area contributed by atoms with E-state index < -0.39 is 0 Å². The Hall–Kier alpha value is -0.840. The van der Waals surface area contributed by atoms with Gasteiger partial charge in [-0.25, -0.2) is 0 Å². The molecule has 2 rings (SSSR count). The lowest BCUT2D eigenvalue weighted by Crippen LogP contribution is -2.23. The van der Waals surface area contributed by atoms with Crippen molar-refractivity contribution in [2.24, 2.45) is 0 Å². The third-order valence-electron chi connectivity index (χ3n) is 3.16. The summed E-state index contributed by atoms with van der Waals surface area (Å²) in [5, 5.41) is 5.77. The predicted octanol–water partition coefficient (Wildman–Crippen LogP) is 5.39. The van der Waals surface area contributed by atoms with Crippen molar-refractivity contribution in [2.45, 2.75) is 32.7 Å². The Balaban J connectivity index is 2.31. The third-order valence-corrected chi connectivity index (χ3v) is 4.92. The molecule has 2 aromatic rings. The van der Waals surface area contributed by atoms with Gasteiger partial charge in [0, 0.05) is 20.3 Å². The monoisotopic (exact) mass is 367 g/mol. The molecule has 0 saturated carbocycles. The van der Waals surface area contributed by atoms with Gasteiger partial charge in [0.15, 0.2) is 0 Å². The van der Waals surface area contributed by atoms with Crippen molar-refractivity contribution in [3.8, 4) is 5.75 Å². The highest BCUT2D eigenvalue weighted by Crippen LogP contribution is 2.34. The van der Waals surface area contributed by atoms with Gasteiger partial charge in [-0.3, -0.25) is 0 Å². The molecule has 0 bridgehead atoms. The van der Waals surface area contributed by atoms with Crippen molar-refractivity contribution in [1.82, 2.24) is 5.32 Å². The van der Waals surface area contributed by atoms with Crippen LogP contribution in [0.1, 0.15) is 43.2 Å². The molecule has 0 radical (unpaired) electrons. The minimum atomic E-state index is 0.189. The second kappa shape index (κ2) is 8.57. The van der Waals surface area contributed by atoms with Gasteiger partial charge >= 0.3 is 0 Å². The van der Waals surface area contributed by atoms with Gasteiger partial charge < -0.3 is 10.1 Å². The van der Waals surface area contributed by atoms with Crippen molar-refractivity contribution < 1.29 is 4.74 Å². The van der Waals surface area contributed by atoms with Crippen LogP contribution in [0.4, 0.5) is 0 Å². The van der Waals surface area contributed by atoms with E-state index in [9.17, 15) is 0 Å². The third kappa shape index (κ3) is 4.56. The van der Waals surface area contributed by atoms with Crippen molar-refractivity contribution in [2.75, 3.05) is 13.2 Å². The van der Waals surface area contributed by atoms with Crippen molar-refractivity contribution in [1.29, 1.82) is 0 Å². The molecule has 21 heavy (non-hydrogen) atoms. The maximum atomic E-state index is 5.93. The SMILES string of the molecule is CCCNC(c1cc(Br)cs1)c1ccccc1OCCC. The standard InChI is InChI=1S/C17H22BrNOS/c1-3-9-19-17(16-11-13(18)12-21-16)14-7-5-6-8-15(14)20-10-4-2/h5-8,11-12,17,19H,3-4,9-10H2,1-2H3. The first-order chi connectivity index (χ1) is 10.3. The Bertz CT molecular complexity index is 555. The van der Waals surface area contributed by atoms with Crippen LogP contribution in [-0.2, 0) is 0 Å². The summed E-state index contributed by atoms with van der Waals surface area (Å²) >= 11 is 5.32. The van der Waals surface area contributed by atoms with E-state index in [-0.39, 0.29) is 6.04 Å². The molecular formula is C17H22BrNOS. The van der Waals surface area contributed by atoms with Gasteiger partial charge in [0.2, 0.25) is 0 Å². The number of hydrogen-bond donors (Lipinski definition) is 1. The van der Waals surface area contributed by atoms with Crippen LogP contribution in [0.25, 0.3) is 0 Å². The van der Waals surface area contributed by atoms with Crippen LogP contribution in [0.3, 0.4) is 0 Å². The first kappa shape index (κ1) is 16.5. The Morgan fingerprint density at radius 1 is 1.24 bits per heavy atom. The van der Waals surface area contributed by atoms with Crippen molar-refractivity contribution in [3.63, 3.8) is 0 Å². The van der Waals surface area contributed by atoms with Crippen LogP contribution < -0.4 is 10.1 Å². The Morgan fingerprint density at radius 2 is 2.05 bits per heavy atom. The molecule has 1 atom stereocenters. The van der Waals surface area contributed by atoms with E-state index >= 15 is 0 Å². The number of ether oxygens (including phenoxy) is 1. The maximum Gasteiger partial charge on any atom is 0.124 e. The lowest BCUT2D eigenvalue weighted by atomic mass is 10.0. The average molecular weight is 368 g/mol. The van der Waals surface area contributed by atoms with E-state index in [0.29, 0.717) is 0 Å². The summed E-state index contributed by atoms with van der Waals surface area (Å²) in [6, 6.07) is 10.7. The molecule has 0 saturated heterocycles. The molecule has 1 aromatic heterocycles. The van der Waals surface area contributed by atoms with Gasteiger partial charge in [-0.2, -0.15) is 0 Å². The number of para-hydroxylation sites is 1. The molecule has 114 valence electrons. The molecule has 1 heterocycles. The highest BCUT2D eigenvalue weighted by Gasteiger charge is 2.19.